The Morgan fingerprint density at radius 1 is 1.25 bits per heavy atom. The molecule has 0 bridgehead atoms. The van der Waals surface area contributed by atoms with Crippen molar-refractivity contribution >= 4 is 19.9 Å². The molecule has 16 heavy (non-hydrogen) atoms. The zero-order valence-corrected chi connectivity index (χ0v) is 11.1. The van der Waals surface area contributed by atoms with E-state index >= 15 is 0 Å². The van der Waals surface area contributed by atoms with Crippen LogP contribution < -0.4 is 10.0 Å². The lowest BCUT2D eigenvalue weighted by molar-refractivity contribution is 0.452. The third kappa shape index (κ3) is 4.77. The molecular weight excluding hydrogens is 252 g/mol. The second kappa shape index (κ2) is 4.59. The fraction of sp³-hybridized carbons (Fsp3) is 1.00. The van der Waals surface area contributed by atoms with Gasteiger partial charge in [-0.2, -0.15) is 0 Å². The van der Waals surface area contributed by atoms with Crippen molar-refractivity contribution in [1.29, 1.82) is 0 Å². The van der Waals surface area contributed by atoms with Gasteiger partial charge in [-0.05, 0) is 19.9 Å². The SMILES string of the molecule is CC1(NS(=O)(=O)CCS(C)(=O)=O)CCNC1. The predicted octanol–water partition coefficient (Wildman–Crippen LogP) is -1.30. The van der Waals surface area contributed by atoms with Gasteiger partial charge in [-0.15, -0.1) is 0 Å². The average molecular weight is 270 g/mol. The lowest BCUT2D eigenvalue weighted by atomic mass is 10.0. The third-order valence-electron chi connectivity index (χ3n) is 2.49. The van der Waals surface area contributed by atoms with Crippen molar-refractivity contribution in [2.24, 2.45) is 0 Å². The van der Waals surface area contributed by atoms with Gasteiger partial charge >= 0.3 is 0 Å². The molecule has 2 N–H and O–H groups in total. The quantitative estimate of drug-likeness (QED) is 0.648. The summed E-state index contributed by atoms with van der Waals surface area (Å²) in [5.41, 5.74) is -0.490. The minimum absolute atomic E-state index is 0.341. The normalized spacial score (nSPS) is 27.1. The first-order valence-electron chi connectivity index (χ1n) is 5.02. The Morgan fingerprint density at radius 2 is 1.88 bits per heavy atom. The van der Waals surface area contributed by atoms with E-state index in [2.05, 4.69) is 10.0 Å². The monoisotopic (exact) mass is 270 g/mol. The van der Waals surface area contributed by atoms with Crippen LogP contribution in [0.5, 0.6) is 0 Å². The molecule has 0 radical (unpaired) electrons. The standard InChI is InChI=1S/C8H18N2O4S2/c1-8(3-4-9-7-8)10-16(13,14)6-5-15(2,11)12/h9-10H,3-7H2,1-2H3. The highest BCUT2D eigenvalue weighted by atomic mass is 32.2. The van der Waals surface area contributed by atoms with Gasteiger partial charge in [-0.1, -0.05) is 0 Å². The fourth-order valence-corrected chi connectivity index (χ4v) is 4.71. The van der Waals surface area contributed by atoms with Crippen LogP contribution in [0.25, 0.3) is 0 Å². The smallest absolute Gasteiger partial charge is 0.213 e. The Balaban J connectivity index is 2.58. The summed E-state index contributed by atoms with van der Waals surface area (Å²) in [7, 11) is -6.77. The van der Waals surface area contributed by atoms with Crippen LogP contribution in [0.15, 0.2) is 0 Å². The van der Waals surface area contributed by atoms with Crippen molar-refractivity contribution in [3.05, 3.63) is 0 Å². The van der Waals surface area contributed by atoms with Crippen LogP contribution in [0.3, 0.4) is 0 Å². The lowest BCUT2D eigenvalue weighted by Crippen LogP contribution is -2.48. The summed E-state index contributed by atoms with van der Waals surface area (Å²) < 4.78 is 47.6. The van der Waals surface area contributed by atoms with Crippen LogP contribution in [0.2, 0.25) is 0 Å². The van der Waals surface area contributed by atoms with Crippen molar-refractivity contribution < 1.29 is 16.8 Å². The van der Waals surface area contributed by atoms with Crippen molar-refractivity contribution in [3.8, 4) is 0 Å². The molecule has 0 saturated carbocycles. The molecule has 96 valence electrons. The molecule has 1 unspecified atom stereocenters. The molecule has 1 atom stereocenters. The maximum absolute atomic E-state index is 11.6. The fourth-order valence-electron chi connectivity index (χ4n) is 1.59. The summed E-state index contributed by atoms with van der Waals surface area (Å²) in [5, 5.41) is 3.06. The minimum atomic E-state index is -3.53. The van der Waals surface area contributed by atoms with Crippen molar-refractivity contribution in [1.82, 2.24) is 10.0 Å². The molecule has 1 rings (SSSR count). The van der Waals surface area contributed by atoms with Crippen LogP contribution in [0, 0.1) is 0 Å². The maximum Gasteiger partial charge on any atom is 0.213 e. The lowest BCUT2D eigenvalue weighted by Gasteiger charge is -2.23. The molecule has 0 spiro atoms. The van der Waals surface area contributed by atoms with Gasteiger partial charge in [0.15, 0.2) is 0 Å². The third-order valence-corrected chi connectivity index (χ3v) is 5.24. The number of hydrogen-bond donors (Lipinski definition) is 2. The van der Waals surface area contributed by atoms with Gasteiger partial charge in [0, 0.05) is 18.3 Å². The number of rotatable bonds is 5. The van der Waals surface area contributed by atoms with Gasteiger partial charge < -0.3 is 5.32 Å². The van der Waals surface area contributed by atoms with E-state index in [-0.39, 0.29) is 11.5 Å². The molecule has 1 aliphatic rings. The molecule has 1 fully saturated rings. The Morgan fingerprint density at radius 3 is 2.31 bits per heavy atom. The van der Waals surface area contributed by atoms with Crippen molar-refractivity contribution in [3.63, 3.8) is 0 Å². The molecular formula is C8H18N2O4S2. The van der Waals surface area contributed by atoms with Crippen LogP contribution in [0.4, 0.5) is 0 Å². The zero-order chi connectivity index (χ0) is 12.4. The molecule has 0 aromatic rings. The molecule has 1 heterocycles. The predicted molar refractivity (Wildman–Crippen MR) is 62.5 cm³/mol. The average Bonchev–Trinajstić information content (AvgIpc) is 2.46. The van der Waals surface area contributed by atoms with E-state index in [4.69, 9.17) is 0 Å². The molecule has 0 amide bonds. The Kier molecular flexibility index (Phi) is 3.99. The Labute approximate surface area is 96.8 Å². The molecule has 8 heteroatoms. The first kappa shape index (κ1) is 13.9. The number of sulfone groups is 1. The van der Waals surface area contributed by atoms with E-state index in [1.165, 1.54) is 0 Å². The Bertz CT molecular complexity index is 435. The van der Waals surface area contributed by atoms with Gasteiger partial charge in [-0.3, -0.25) is 0 Å². The highest BCUT2D eigenvalue weighted by molar-refractivity contribution is 7.93. The molecule has 0 aliphatic carbocycles. The minimum Gasteiger partial charge on any atom is -0.315 e. The van der Waals surface area contributed by atoms with Crippen LogP contribution >= 0.6 is 0 Å². The van der Waals surface area contributed by atoms with Gasteiger partial charge in [-0.25, -0.2) is 21.6 Å². The second-order valence-electron chi connectivity index (χ2n) is 4.54. The summed E-state index contributed by atoms with van der Waals surface area (Å²) in [6, 6.07) is 0. The highest BCUT2D eigenvalue weighted by Crippen LogP contribution is 2.14. The van der Waals surface area contributed by atoms with Crippen LogP contribution in [-0.4, -0.2) is 53.2 Å². The van der Waals surface area contributed by atoms with Gasteiger partial charge in [0.2, 0.25) is 10.0 Å². The van der Waals surface area contributed by atoms with Crippen LogP contribution in [-0.2, 0) is 19.9 Å². The summed E-state index contributed by atoms with van der Waals surface area (Å²) >= 11 is 0. The van der Waals surface area contributed by atoms with Crippen molar-refractivity contribution in [2.45, 2.75) is 18.9 Å². The van der Waals surface area contributed by atoms with Crippen LogP contribution in [0.1, 0.15) is 13.3 Å². The summed E-state index contributed by atoms with van der Waals surface area (Å²) in [6.45, 7) is 3.15. The molecule has 1 aliphatic heterocycles. The molecule has 1 saturated heterocycles. The second-order valence-corrected chi connectivity index (χ2v) is 8.64. The zero-order valence-electron chi connectivity index (χ0n) is 9.49. The van der Waals surface area contributed by atoms with E-state index in [0.717, 1.165) is 12.8 Å². The van der Waals surface area contributed by atoms with E-state index in [1.807, 2.05) is 6.92 Å². The van der Waals surface area contributed by atoms with E-state index < -0.39 is 25.4 Å². The van der Waals surface area contributed by atoms with E-state index in [1.54, 1.807) is 0 Å². The summed E-state index contributed by atoms with van der Waals surface area (Å²) in [5.74, 6) is -0.715. The summed E-state index contributed by atoms with van der Waals surface area (Å²) in [4.78, 5) is 0. The van der Waals surface area contributed by atoms with E-state index in [0.29, 0.717) is 13.0 Å². The largest absolute Gasteiger partial charge is 0.315 e. The summed E-state index contributed by atoms with van der Waals surface area (Å²) in [6.07, 6.45) is 1.74. The molecule has 0 aromatic carbocycles. The molecule has 0 aromatic heterocycles. The number of nitrogens with one attached hydrogen (secondary N) is 2. The van der Waals surface area contributed by atoms with Gasteiger partial charge in [0.25, 0.3) is 0 Å². The first-order valence-corrected chi connectivity index (χ1v) is 8.73. The van der Waals surface area contributed by atoms with Gasteiger partial charge in [0.1, 0.15) is 9.84 Å². The number of hydrogen-bond acceptors (Lipinski definition) is 5. The first-order chi connectivity index (χ1) is 7.12. The van der Waals surface area contributed by atoms with Gasteiger partial charge in [0.05, 0.1) is 11.5 Å². The Hall–Kier alpha value is -0.180. The topological polar surface area (TPSA) is 92.3 Å². The maximum atomic E-state index is 11.6. The highest BCUT2D eigenvalue weighted by Gasteiger charge is 2.32. The molecule has 6 nitrogen and oxygen atoms in total. The van der Waals surface area contributed by atoms with Crippen molar-refractivity contribution in [2.75, 3.05) is 30.9 Å². The number of sulfonamides is 1. The van der Waals surface area contributed by atoms with E-state index in [9.17, 15) is 16.8 Å².